The van der Waals surface area contributed by atoms with Crippen molar-refractivity contribution >= 4 is 17.2 Å². The summed E-state index contributed by atoms with van der Waals surface area (Å²) in [5, 5.41) is 7.23. The van der Waals surface area contributed by atoms with Gasteiger partial charge in [-0.05, 0) is 65.8 Å². The Hall–Kier alpha value is -3.73. The predicted octanol–water partition coefficient (Wildman–Crippen LogP) is 6.71. The maximum absolute atomic E-state index is 13.7. The van der Waals surface area contributed by atoms with Crippen LogP contribution in [0.25, 0.3) is 0 Å². The number of methoxy groups -OCH3 is 1. The summed E-state index contributed by atoms with van der Waals surface area (Å²) in [7, 11) is 1.66. The predicted molar refractivity (Wildman–Crippen MR) is 140 cm³/mol. The molecular weight excluding hydrogens is 436 g/mol. The number of benzene rings is 3. The second-order valence-corrected chi connectivity index (χ2v) is 9.72. The van der Waals surface area contributed by atoms with Crippen LogP contribution in [0.15, 0.2) is 84.1 Å². The van der Waals surface area contributed by atoms with Crippen molar-refractivity contribution in [2.45, 2.75) is 38.6 Å². The first kappa shape index (κ1) is 23.0. The molecule has 0 amide bonds. The molecule has 2 atom stereocenters. The van der Waals surface area contributed by atoms with Gasteiger partial charge in [0.05, 0.1) is 31.1 Å². The van der Waals surface area contributed by atoms with Gasteiger partial charge in [0.25, 0.3) is 0 Å². The number of Topliss-reactive ketones (excluding diaryl/α,β-unsaturated/α-hetero) is 1. The number of nitrogens with one attached hydrogen (secondary N) is 2. The van der Waals surface area contributed by atoms with Gasteiger partial charge >= 0.3 is 0 Å². The minimum atomic E-state index is -0.253. The Balaban J connectivity index is 1.49. The second kappa shape index (κ2) is 9.87. The Morgan fingerprint density at radius 2 is 1.66 bits per heavy atom. The quantitative estimate of drug-likeness (QED) is 0.421. The van der Waals surface area contributed by atoms with Crippen molar-refractivity contribution < 1.29 is 14.3 Å². The number of ether oxygens (including phenoxy) is 2. The number of allylic oxidation sites excluding steroid dienone is 1. The van der Waals surface area contributed by atoms with E-state index in [0.717, 1.165) is 51.7 Å². The van der Waals surface area contributed by atoms with E-state index in [0.29, 0.717) is 18.9 Å². The molecule has 0 fully saturated rings. The summed E-state index contributed by atoms with van der Waals surface area (Å²) in [6, 6.07) is 24.0. The first-order chi connectivity index (χ1) is 17.0. The molecule has 2 aliphatic rings. The zero-order valence-electron chi connectivity index (χ0n) is 20.5. The van der Waals surface area contributed by atoms with Crippen LogP contribution in [0, 0.1) is 5.92 Å². The van der Waals surface area contributed by atoms with Crippen LogP contribution in [-0.4, -0.2) is 19.5 Å². The molecule has 0 saturated heterocycles. The number of hydrogen-bond acceptors (Lipinski definition) is 5. The van der Waals surface area contributed by atoms with E-state index >= 15 is 0 Å². The molecule has 2 N–H and O–H groups in total. The molecule has 2 unspecified atom stereocenters. The number of para-hydroxylation sites is 2. The zero-order valence-corrected chi connectivity index (χ0v) is 20.5. The first-order valence-corrected chi connectivity index (χ1v) is 12.3. The number of fused-ring (bicyclic) bond motifs is 1. The van der Waals surface area contributed by atoms with Crippen molar-refractivity contribution in [3.63, 3.8) is 0 Å². The molecule has 0 saturated carbocycles. The summed E-state index contributed by atoms with van der Waals surface area (Å²) in [6.07, 6.45) is 1.24. The number of ketones is 1. The second-order valence-electron chi connectivity index (χ2n) is 9.72. The fourth-order valence-electron chi connectivity index (χ4n) is 4.90. The highest BCUT2D eigenvalue weighted by atomic mass is 16.5. The van der Waals surface area contributed by atoms with Crippen LogP contribution in [0.5, 0.6) is 11.5 Å². The normalized spacial score (nSPS) is 19.3. The van der Waals surface area contributed by atoms with Gasteiger partial charge in [0.15, 0.2) is 5.78 Å². The fourth-order valence-corrected chi connectivity index (χ4v) is 4.90. The zero-order chi connectivity index (χ0) is 24.4. The number of anilines is 2. The largest absolute Gasteiger partial charge is 0.497 e. The highest BCUT2D eigenvalue weighted by Gasteiger charge is 2.36. The summed E-state index contributed by atoms with van der Waals surface area (Å²) >= 11 is 0. The van der Waals surface area contributed by atoms with Crippen molar-refractivity contribution in [3.05, 3.63) is 95.2 Å². The molecule has 5 nitrogen and oxygen atoms in total. The third-order valence-corrected chi connectivity index (χ3v) is 6.67. The third kappa shape index (κ3) is 4.90. The average Bonchev–Trinajstić information content (AvgIpc) is 3.05. The van der Waals surface area contributed by atoms with E-state index < -0.39 is 0 Å². The molecule has 1 aliphatic carbocycles. The molecule has 5 rings (SSSR count). The summed E-state index contributed by atoms with van der Waals surface area (Å²) in [4.78, 5) is 13.7. The highest BCUT2D eigenvalue weighted by molar-refractivity contribution is 6.01. The molecule has 1 aliphatic heterocycles. The fraction of sp³-hybridized carbons (Fsp3) is 0.300. The SMILES string of the molecule is COc1cccc(C2Nc3ccccc3NC3=C2C(=O)CC(c2ccc(OCC(C)C)cc2)C3)c1. The molecule has 180 valence electrons. The molecule has 0 spiro atoms. The molecular formula is C30H32N2O3. The van der Waals surface area contributed by atoms with E-state index in [4.69, 9.17) is 9.47 Å². The standard InChI is InChI=1S/C30H32N2O3/c1-19(2)18-35-23-13-11-20(12-14-23)22-16-27-29(28(33)17-22)30(21-7-6-8-24(15-21)34-3)32-26-10-5-4-9-25(26)31-27/h4-15,19,22,30-32H,16-18H2,1-3H3. The summed E-state index contributed by atoms with van der Waals surface area (Å²) in [5.74, 6) is 2.40. The molecule has 1 heterocycles. The highest BCUT2D eigenvalue weighted by Crippen LogP contribution is 2.44. The van der Waals surface area contributed by atoms with Gasteiger partial charge in [0.1, 0.15) is 11.5 Å². The van der Waals surface area contributed by atoms with Gasteiger partial charge < -0.3 is 20.1 Å². The topological polar surface area (TPSA) is 59.6 Å². The Bertz CT molecular complexity index is 1250. The molecule has 0 bridgehead atoms. The van der Waals surface area contributed by atoms with Gasteiger partial charge in [-0.15, -0.1) is 0 Å². The van der Waals surface area contributed by atoms with Crippen molar-refractivity contribution in [2.24, 2.45) is 5.92 Å². The van der Waals surface area contributed by atoms with Gasteiger partial charge in [-0.3, -0.25) is 4.79 Å². The maximum atomic E-state index is 13.7. The number of carbonyl (C=O) groups is 1. The molecule has 0 radical (unpaired) electrons. The molecule has 3 aromatic carbocycles. The van der Waals surface area contributed by atoms with Crippen molar-refractivity contribution in [1.82, 2.24) is 0 Å². The molecule has 5 heteroatoms. The van der Waals surface area contributed by atoms with Gasteiger partial charge in [0, 0.05) is 17.7 Å². The van der Waals surface area contributed by atoms with E-state index in [-0.39, 0.29) is 17.7 Å². The average molecular weight is 469 g/mol. The van der Waals surface area contributed by atoms with E-state index in [1.165, 1.54) is 0 Å². The van der Waals surface area contributed by atoms with Crippen LogP contribution in [0.3, 0.4) is 0 Å². The van der Waals surface area contributed by atoms with Crippen LogP contribution in [0.1, 0.15) is 49.8 Å². The Labute approximate surface area is 207 Å². The van der Waals surface area contributed by atoms with Gasteiger partial charge in [-0.1, -0.05) is 50.2 Å². The Morgan fingerprint density at radius 3 is 2.40 bits per heavy atom. The lowest BCUT2D eigenvalue weighted by atomic mass is 9.78. The van der Waals surface area contributed by atoms with Gasteiger partial charge in [0.2, 0.25) is 0 Å². The van der Waals surface area contributed by atoms with E-state index in [1.54, 1.807) is 7.11 Å². The van der Waals surface area contributed by atoms with E-state index in [2.05, 4.69) is 42.7 Å². The number of rotatable bonds is 6. The lowest BCUT2D eigenvalue weighted by Crippen LogP contribution is -2.26. The summed E-state index contributed by atoms with van der Waals surface area (Å²) in [5.41, 5.74) is 5.92. The Morgan fingerprint density at radius 1 is 0.886 bits per heavy atom. The molecule has 0 aromatic heterocycles. The monoisotopic (exact) mass is 468 g/mol. The first-order valence-electron chi connectivity index (χ1n) is 12.3. The molecule has 35 heavy (non-hydrogen) atoms. The van der Waals surface area contributed by atoms with Crippen molar-refractivity contribution in [3.8, 4) is 11.5 Å². The van der Waals surface area contributed by atoms with Gasteiger partial charge in [-0.2, -0.15) is 0 Å². The van der Waals surface area contributed by atoms with Crippen LogP contribution in [-0.2, 0) is 4.79 Å². The lowest BCUT2D eigenvalue weighted by Gasteiger charge is -2.30. The Kier molecular flexibility index (Phi) is 6.49. The van der Waals surface area contributed by atoms with Crippen LogP contribution >= 0.6 is 0 Å². The van der Waals surface area contributed by atoms with E-state index in [9.17, 15) is 4.79 Å². The smallest absolute Gasteiger partial charge is 0.163 e. The lowest BCUT2D eigenvalue weighted by molar-refractivity contribution is -0.116. The number of hydrogen-bond donors (Lipinski definition) is 2. The van der Waals surface area contributed by atoms with Crippen LogP contribution < -0.4 is 20.1 Å². The van der Waals surface area contributed by atoms with Gasteiger partial charge in [-0.25, -0.2) is 0 Å². The van der Waals surface area contributed by atoms with Crippen molar-refractivity contribution in [1.29, 1.82) is 0 Å². The van der Waals surface area contributed by atoms with Crippen molar-refractivity contribution in [2.75, 3.05) is 24.4 Å². The van der Waals surface area contributed by atoms with Crippen LogP contribution in [0.2, 0.25) is 0 Å². The van der Waals surface area contributed by atoms with E-state index in [1.807, 2.05) is 54.6 Å². The maximum Gasteiger partial charge on any atom is 0.163 e. The molecule has 3 aromatic rings. The third-order valence-electron chi connectivity index (χ3n) is 6.67. The summed E-state index contributed by atoms with van der Waals surface area (Å²) < 4.78 is 11.3. The minimum Gasteiger partial charge on any atom is -0.497 e. The number of carbonyl (C=O) groups excluding carboxylic acids is 1. The summed E-state index contributed by atoms with van der Waals surface area (Å²) in [6.45, 7) is 4.97. The minimum absolute atomic E-state index is 0.115. The van der Waals surface area contributed by atoms with Crippen LogP contribution in [0.4, 0.5) is 11.4 Å².